The van der Waals surface area contributed by atoms with Gasteiger partial charge >= 0.3 is 0 Å². The number of anilines is 1. The third-order valence-electron chi connectivity index (χ3n) is 7.39. The van der Waals surface area contributed by atoms with Gasteiger partial charge in [-0.25, -0.2) is 4.90 Å². The number of imide groups is 1. The maximum Gasteiger partial charge on any atom is 0.239 e. The minimum Gasteiger partial charge on any atom is -0.355 e. The van der Waals surface area contributed by atoms with Gasteiger partial charge in [-0.1, -0.05) is 48.5 Å². The molecule has 4 aliphatic rings. The van der Waals surface area contributed by atoms with E-state index in [9.17, 15) is 9.59 Å². The Labute approximate surface area is 185 Å². The second kappa shape index (κ2) is 6.82. The SMILES string of the molecule is COC(OC)C12c3ccccc3C(c3ccccc31)[C@@H]1C(=O)N(c3cccnc3)C(=O)[C@@H]12. The molecule has 2 bridgehead atoms. The van der Waals surface area contributed by atoms with Crippen molar-refractivity contribution < 1.29 is 19.1 Å². The van der Waals surface area contributed by atoms with Crippen LogP contribution in [0.4, 0.5) is 5.69 Å². The Balaban J connectivity index is 1.69. The number of carbonyl (C=O) groups excluding carboxylic acids is 2. The Hall–Kier alpha value is -3.35. The smallest absolute Gasteiger partial charge is 0.239 e. The highest BCUT2D eigenvalue weighted by Gasteiger charge is 2.71. The van der Waals surface area contributed by atoms with Gasteiger partial charge in [0.2, 0.25) is 11.8 Å². The highest BCUT2D eigenvalue weighted by Crippen LogP contribution is 2.65. The lowest BCUT2D eigenvalue weighted by molar-refractivity contribution is -0.168. The van der Waals surface area contributed by atoms with Gasteiger partial charge in [0, 0.05) is 26.3 Å². The lowest BCUT2D eigenvalue weighted by Gasteiger charge is -2.56. The first-order valence-electron chi connectivity index (χ1n) is 10.7. The lowest BCUT2D eigenvalue weighted by Crippen LogP contribution is -2.60. The molecule has 1 saturated heterocycles. The molecule has 32 heavy (non-hydrogen) atoms. The molecule has 1 aliphatic heterocycles. The van der Waals surface area contributed by atoms with Gasteiger partial charge in [-0.15, -0.1) is 0 Å². The van der Waals surface area contributed by atoms with E-state index in [1.54, 1.807) is 38.7 Å². The van der Waals surface area contributed by atoms with Crippen LogP contribution in [0.1, 0.15) is 28.2 Å². The molecule has 0 spiro atoms. The fourth-order valence-electron chi connectivity index (χ4n) is 6.44. The molecule has 1 fully saturated rings. The number of carbonyl (C=O) groups is 2. The second-order valence-corrected chi connectivity index (χ2v) is 8.55. The molecular weight excluding hydrogens is 404 g/mol. The number of nitrogens with zero attached hydrogens (tertiary/aromatic N) is 2. The van der Waals surface area contributed by atoms with Crippen LogP contribution in [0.2, 0.25) is 0 Å². The first-order valence-corrected chi connectivity index (χ1v) is 10.7. The van der Waals surface area contributed by atoms with E-state index in [1.807, 2.05) is 36.4 Å². The van der Waals surface area contributed by atoms with Crippen LogP contribution >= 0.6 is 0 Å². The summed E-state index contributed by atoms with van der Waals surface area (Å²) < 4.78 is 11.8. The zero-order valence-electron chi connectivity index (χ0n) is 17.8. The first-order chi connectivity index (χ1) is 15.7. The summed E-state index contributed by atoms with van der Waals surface area (Å²) in [4.78, 5) is 33.4. The minimum absolute atomic E-state index is 0.197. The molecule has 7 rings (SSSR count). The summed E-state index contributed by atoms with van der Waals surface area (Å²) in [7, 11) is 3.17. The standard InChI is InChI=1S/C26H22N2O4/c1-31-25(32-2)26-18-11-5-3-9-16(18)20(17-10-4-6-12-19(17)26)21-22(26)24(30)28(23(21)29)15-8-7-13-27-14-15/h3-14,20-22,25H,1-2H3/t20?,21-,22+,26?/m0/s1. The van der Waals surface area contributed by atoms with Crippen LogP contribution in [-0.4, -0.2) is 37.3 Å². The Bertz CT molecular complexity index is 1190. The van der Waals surface area contributed by atoms with Crippen molar-refractivity contribution >= 4 is 17.5 Å². The van der Waals surface area contributed by atoms with E-state index < -0.39 is 23.5 Å². The lowest BCUT2D eigenvalue weighted by atomic mass is 9.47. The Morgan fingerprint density at radius 2 is 1.50 bits per heavy atom. The molecule has 160 valence electrons. The highest BCUT2D eigenvalue weighted by atomic mass is 16.7. The van der Waals surface area contributed by atoms with Gasteiger partial charge < -0.3 is 9.47 Å². The number of rotatable bonds is 4. The molecule has 2 aromatic carbocycles. The van der Waals surface area contributed by atoms with Crippen molar-refractivity contribution in [2.24, 2.45) is 11.8 Å². The van der Waals surface area contributed by atoms with Crippen LogP contribution in [0.25, 0.3) is 0 Å². The van der Waals surface area contributed by atoms with Crippen molar-refractivity contribution in [1.82, 2.24) is 4.98 Å². The van der Waals surface area contributed by atoms with Crippen LogP contribution in [0.5, 0.6) is 0 Å². The van der Waals surface area contributed by atoms with Gasteiger partial charge in [-0.3, -0.25) is 14.6 Å². The van der Waals surface area contributed by atoms with E-state index in [2.05, 4.69) is 17.1 Å². The fraction of sp³-hybridized carbons (Fsp3) is 0.269. The molecule has 1 aromatic heterocycles. The van der Waals surface area contributed by atoms with E-state index in [1.165, 1.54) is 4.90 Å². The Kier molecular flexibility index (Phi) is 4.12. The van der Waals surface area contributed by atoms with Crippen LogP contribution in [0, 0.1) is 11.8 Å². The third-order valence-corrected chi connectivity index (χ3v) is 7.39. The predicted octanol–water partition coefficient (Wildman–Crippen LogP) is 3.25. The normalized spacial score (nSPS) is 27.5. The van der Waals surface area contributed by atoms with Gasteiger partial charge in [0.05, 0.1) is 29.1 Å². The summed E-state index contributed by atoms with van der Waals surface area (Å²) in [5.74, 6) is -1.82. The molecule has 0 N–H and O–H groups in total. The van der Waals surface area contributed by atoms with E-state index in [-0.39, 0.29) is 17.7 Å². The summed E-state index contributed by atoms with van der Waals surface area (Å²) in [6.07, 6.45) is 2.44. The minimum atomic E-state index is -0.945. The van der Waals surface area contributed by atoms with Crippen molar-refractivity contribution in [3.63, 3.8) is 0 Å². The van der Waals surface area contributed by atoms with Crippen LogP contribution < -0.4 is 4.90 Å². The third kappa shape index (κ3) is 2.13. The Morgan fingerprint density at radius 3 is 2.06 bits per heavy atom. The number of methoxy groups -OCH3 is 2. The molecule has 6 heteroatoms. The van der Waals surface area contributed by atoms with Crippen molar-refractivity contribution in [2.75, 3.05) is 19.1 Å². The number of benzene rings is 2. The maximum absolute atomic E-state index is 14.1. The predicted molar refractivity (Wildman–Crippen MR) is 117 cm³/mol. The summed E-state index contributed by atoms with van der Waals surface area (Å²) in [5, 5.41) is 0. The van der Waals surface area contributed by atoms with Crippen molar-refractivity contribution in [1.29, 1.82) is 0 Å². The number of ether oxygens (including phenoxy) is 2. The molecule has 2 atom stereocenters. The number of pyridine rings is 1. The molecule has 3 aromatic rings. The van der Waals surface area contributed by atoms with Gasteiger partial charge in [0.1, 0.15) is 0 Å². The summed E-state index contributed by atoms with van der Waals surface area (Å²) in [5.41, 5.74) is 3.65. The summed E-state index contributed by atoms with van der Waals surface area (Å²) >= 11 is 0. The van der Waals surface area contributed by atoms with Gasteiger partial charge in [-0.05, 0) is 34.4 Å². The zero-order valence-corrected chi connectivity index (χ0v) is 17.8. The van der Waals surface area contributed by atoms with Crippen molar-refractivity contribution in [3.8, 4) is 0 Å². The molecule has 6 nitrogen and oxygen atoms in total. The summed E-state index contributed by atoms with van der Waals surface area (Å²) in [6.45, 7) is 0. The molecule has 0 radical (unpaired) electrons. The van der Waals surface area contributed by atoms with E-state index in [0.717, 1.165) is 22.3 Å². The van der Waals surface area contributed by atoms with E-state index in [4.69, 9.17) is 9.47 Å². The van der Waals surface area contributed by atoms with Crippen molar-refractivity contribution in [3.05, 3.63) is 95.3 Å². The monoisotopic (exact) mass is 426 g/mol. The van der Waals surface area contributed by atoms with Crippen LogP contribution in [0.15, 0.2) is 73.1 Å². The molecule has 0 unspecified atom stereocenters. The summed E-state index contributed by atoms with van der Waals surface area (Å²) in [6, 6.07) is 19.6. The number of amides is 2. The van der Waals surface area contributed by atoms with Crippen LogP contribution in [-0.2, 0) is 24.5 Å². The number of hydrogen-bond acceptors (Lipinski definition) is 5. The maximum atomic E-state index is 14.1. The Morgan fingerprint density at radius 1 is 0.875 bits per heavy atom. The molecular formula is C26H22N2O4. The largest absolute Gasteiger partial charge is 0.355 e. The quantitative estimate of drug-likeness (QED) is 0.473. The van der Waals surface area contributed by atoms with Gasteiger partial charge in [0.25, 0.3) is 0 Å². The average Bonchev–Trinajstić information content (AvgIpc) is 3.11. The first kappa shape index (κ1) is 19.3. The highest BCUT2D eigenvalue weighted by molar-refractivity contribution is 6.23. The van der Waals surface area contributed by atoms with Crippen molar-refractivity contribution in [2.45, 2.75) is 17.6 Å². The van der Waals surface area contributed by atoms with E-state index >= 15 is 0 Å². The van der Waals surface area contributed by atoms with Crippen LogP contribution in [0.3, 0.4) is 0 Å². The van der Waals surface area contributed by atoms with Gasteiger partial charge in [0.15, 0.2) is 6.29 Å². The number of aromatic nitrogens is 1. The zero-order chi connectivity index (χ0) is 22.0. The number of hydrogen-bond donors (Lipinski definition) is 0. The topological polar surface area (TPSA) is 68.7 Å². The molecule has 3 aliphatic carbocycles. The second-order valence-electron chi connectivity index (χ2n) is 8.55. The molecule has 2 heterocycles. The molecule has 0 saturated carbocycles. The molecule has 2 amide bonds. The van der Waals surface area contributed by atoms with Gasteiger partial charge in [-0.2, -0.15) is 0 Å². The average molecular weight is 426 g/mol. The van der Waals surface area contributed by atoms with E-state index in [0.29, 0.717) is 5.69 Å². The fourth-order valence-corrected chi connectivity index (χ4v) is 6.44.